The third-order valence-electron chi connectivity index (χ3n) is 2.44. The standard InChI is InChI=1S/C12H12N4O4/c1-19-8-5-3-7(4-6-8)10(17)14-12-13-9(15-16-12)11(18)20-2/h3-6H,1-2H3,(H2,13,14,15,16,17). The van der Waals surface area contributed by atoms with E-state index in [1.54, 1.807) is 24.3 Å². The average Bonchev–Trinajstić information content (AvgIpc) is 2.95. The van der Waals surface area contributed by atoms with Crippen molar-refractivity contribution in [3.8, 4) is 5.75 Å². The molecule has 1 amide bonds. The maximum absolute atomic E-state index is 11.9. The highest BCUT2D eigenvalue weighted by molar-refractivity contribution is 6.03. The summed E-state index contributed by atoms with van der Waals surface area (Å²) < 4.78 is 9.46. The Bertz CT molecular complexity index is 621. The number of nitrogens with one attached hydrogen (secondary N) is 2. The number of H-pyrrole nitrogens is 1. The van der Waals surface area contributed by atoms with Gasteiger partial charge in [0.15, 0.2) is 0 Å². The lowest BCUT2D eigenvalue weighted by atomic mass is 10.2. The molecule has 8 heteroatoms. The monoisotopic (exact) mass is 276 g/mol. The summed E-state index contributed by atoms with van der Waals surface area (Å²) in [6.07, 6.45) is 0. The number of nitrogens with zero attached hydrogens (tertiary/aromatic N) is 2. The van der Waals surface area contributed by atoms with Crippen LogP contribution in [-0.4, -0.2) is 41.3 Å². The summed E-state index contributed by atoms with van der Waals surface area (Å²) >= 11 is 0. The third kappa shape index (κ3) is 2.91. The second-order valence-electron chi connectivity index (χ2n) is 3.68. The summed E-state index contributed by atoms with van der Waals surface area (Å²) in [5, 5.41) is 8.51. The van der Waals surface area contributed by atoms with E-state index in [1.165, 1.54) is 14.2 Å². The van der Waals surface area contributed by atoms with Crippen LogP contribution < -0.4 is 10.1 Å². The fourth-order valence-electron chi connectivity index (χ4n) is 1.42. The highest BCUT2D eigenvalue weighted by Gasteiger charge is 2.14. The Morgan fingerprint density at radius 1 is 1.20 bits per heavy atom. The molecule has 0 unspecified atom stereocenters. The van der Waals surface area contributed by atoms with Crippen LogP contribution in [0.3, 0.4) is 0 Å². The average molecular weight is 276 g/mol. The first kappa shape index (κ1) is 13.5. The molecule has 1 aromatic heterocycles. The van der Waals surface area contributed by atoms with Gasteiger partial charge in [-0.25, -0.2) is 4.79 Å². The maximum atomic E-state index is 11.9. The number of aromatic nitrogens is 3. The van der Waals surface area contributed by atoms with Gasteiger partial charge in [-0.15, -0.1) is 5.10 Å². The van der Waals surface area contributed by atoms with Crippen molar-refractivity contribution in [1.29, 1.82) is 0 Å². The van der Waals surface area contributed by atoms with E-state index in [-0.39, 0.29) is 11.8 Å². The molecule has 0 radical (unpaired) electrons. The van der Waals surface area contributed by atoms with Gasteiger partial charge in [0.2, 0.25) is 11.8 Å². The number of hydrogen-bond donors (Lipinski definition) is 2. The fourth-order valence-corrected chi connectivity index (χ4v) is 1.42. The van der Waals surface area contributed by atoms with Gasteiger partial charge >= 0.3 is 5.97 Å². The molecule has 104 valence electrons. The lowest BCUT2D eigenvalue weighted by Gasteiger charge is -2.02. The van der Waals surface area contributed by atoms with Crippen LogP contribution in [0.4, 0.5) is 5.95 Å². The van der Waals surface area contributed by atoms with Gasteiger partial charge in [0, 0.05) is 5.56 Å². The number of amides is 1. The van der Waals surface area contributed by atoms with Crippen LogP contribution in [0.1, 0.15) is 21.0 Å². The Hall–Kier alpha value is -2.90. The van der Waals surface area contributed by atoms with Gasteiger partial charge in [0.1, 0.15) is 5.75 Å². The van der Waals surface area contributed by atoms with Crippen molar-refractivity contribution in [3.63, 3.8) is 0 Å². The second kappa shape index (κ2) is 5.83. The Labute approximate surface area is 114 Å². The second-order valence-corrected chi connectivity index (χ2v) is 3.68. The van der Waals surface area contributed by atoms with Gasteiger partial charge in [-0.1, -0.05) is 0 Å². The minimum Gasteiger partial charge on any atom is -0.497 e. The van der Waals surface area contributed by atoms with Gasteiger partial charge in [0.25, 0.3) is 5.91 Å². The van der Waals surface area contributed by atoms with Crippen LogP contribution in [0.25, 0.3) is 0 Å². The molecule has 0 aliphatic rings. The predicted molar refractivity (Wildman–Crippen MR) is 68.7 cm³/mol. The van der Waals surface area contributed by atoms with Crippen molar-refractivity contribution < 1.29 is 19.1 Å². The van der Waals surface area contributed by atoms with Crippen LogP contribution in [-0.2, 0) is 4.74 Å². The number of aromatic amines is 1. The van der Waals surface area contributed by atoms with Crippen LogP contribution in [0.5, 0.6) is 5.75 Å². The summed E-state index contributed by atoms with van der Waals surface area (Å²) in [6.45, 7) is 0. The predicted octanol–water partition coefficient (Wildman–Crippen LogP) is 0.852. The van der Waals surface area contributed by atoms with Gasteiger partial charge in [-0.05, 0) is 24.3 Å². The number of methoxy groups -OCH3 is 2. The topological polar surface area (TPSA) is 106 Å². The van der Waals surface area contributed by atoms with E-state index in [2.05, 4.69) is 25.2 Å². The molecule has 0 aliphatic heterocycles. The largest absolute Gasteiger partial charge is 0.497 e. The number of anilines is 1. The molecule has 0 spiro atoms. The molecule has 0 fully saturated rings. The van der Waals surface area contributed by atoms with E-state index in [9.17, 15) is 9.59 Å². The molecule has 8 nitrogen and oxygen atoms in total. The van der Waals surface area contributed by atoms with Crippen molar-refractivity contribution in [1.82, 2.24) is 15.2 Å². The molecule has 0 saturated heterocycles. The fraction of sp³-hybridized carbons (Fsp3) is 0.167. The summed E-state index contributed by atoms with van der Waals surface area (Å²) in [4.78, 5) is 26.9. The highest BCUT2D eigenvalue weighted by Crippen LogP contribution is 2.12. The van der Waals surface area contributed by atoms with E-state index in [0.717, 1.165) is 0 Å². The van der Waals surface area contributed by atoms with Gasteiger partial charge in [0.05, 0.1) is 14.2 Å². The van der Waals surface area contributed by atoms with E-state index in [4.69, 9.17) is 4.74 Å². The van der Waals surface area contributed by atoms with Crippen molar-refractivity contribution in [2.45, 2.75) is 0 Å². The van der Waals surface area contributed by atoms with Crippen molar-refractivity contribution >= 4 is 17.8 Å². The zero-order chi connectivity index (χ0) is 14.5. The quantitative estimate of drug-likeness (QED) is 0.802. The molecule has 1 heterocycles. The van der Waals surface area contributed by atoms with E-state index in [1.807, 2.05) is 0 Å². The molecule has 0 saturated carbocycles. The van der Waals surface area contributed by atoms with Crippen molar-refractivity contribution in [2.24, 2.45) is 0 Å². The van der Waals surface area contributed by atoms with E-state index < -0.39 is 11.9 Å². The summed E-state index contributed by atoms with van der Waals surface area (Å²) in [5.41, 5.74) is 0.412. The Kier molecular flexibility index (Phi) is 3.94. The molecule has 0 aliphatic carbocycles. The number of hydrogen-bond acceptors (Lipinski definition) is 6. The third-order valence-corrected chi connectivity index (χ3v) is 2.44. The Balaban J connectivity index is 2.07. The number of esters is 1. The molecule has 0 atom stereocenters. The number of benzene rings is 1. The van der Waals surface area contributed by atoms with Crippen LogP contribution >= 0.6 is 0 Å². The molecule has 0 bridgehead atoms. The number of ether oxygens (including phenoxy) is 2. The lowest BCUT2D eigenvalue weighted by molar-refractivity contribution is 0.0587. The Morgan fingerprint density at radius 2 is 1.90 bits per heavy atom. The first-order valence-electron chi connectivity index (χ1n) is 5.60. The molecule has 2 rings (SSSR count). The van der Waals surface area contributed by atoms with Crippen LogP contribution in [0, 0.1) is 0 Å². The SMILES string of the molecule is COC(=O)c1nc(NC(=O)c2ccc(OC)cc2)n[nH]1. The summed E-state index contributed by atoms with van der Waals surface area (Å²) in [7, 11) is 2.76. The molecule has 1 aromatic carbocycles. The minimum absolute atomic E-state index is 0.00813. The summed E-state index contributed by atoms with van der Waals surface area (Å²) in [6, 6.07) is 6.52. The minimum atomic E-state index is -0.664. The zero-order valence-corrected chi connectivity index (χ0v) is 10.8. The molecule has 20 heavy (non-hydrogen) atoms. The first-order valence-corrected chi connectivity index (χ1v) is 5.60. The normalized spacial score (nSPS) is 9.90. The maximum Gasteiger partial charge on any atom is 0.375 e. The Morgan fingerprint density at radius 3 is 2.50 bits per heavy atom. The van der Waals surface area contributed by atoms with Crippen molar-refractivity contribution in [2.75, 3.05) is 19.5 Å². The van der Waals surface area contributed by atoms with E-state index >= 15 is 0 Å². The first-order chi connectivity index (χ1) is 9.63. The highest BCUT2D eigenvalue weighted by atomic mass is 16.5. The van der Waals surface area contributed by atoms with E-state index in [0.29, 0.717) is 11.3 Å². The zero-order valence-electron chi connectivity index (χ0n) is 10.8. The van der Waals surface area contributed by atoms with Crippen LogP contribution in [0.15, 0.2) is 24.3 Å². The number of carbonyl (C=O) groups excluding carboxylic acids is 2. The lowest BCUT2D eigenvalue weighted by Crippen LogP contribution is -2.13. The molecular formula is C12H12N4O4. The van der Waals surface area contributed by atoms with Gasteiger partial charge in [-0.2, -0.15) is 4.98 Å². The van der Waals surface area contributed by atoms with Crippen LogP contribution in [0.2, 0.25) is 0 Å². The van der Waals surface area contributed by atoms with Gasteiger partial charge < -0.3 is 9.47 Å². The molecular weight excluding hydrogens is 264 g/mol. The van der Waals surface area contributed by atoms with Crippen molar-refractivity contribution in [3.05, 3.63) is 35.7 Å². The molecule has 2 N–H and O–H groups in total. The molecule has 2 aromatic rings. The van der Waals surface area contributed by atoms with Gasteiger partial charge in [-0.3, -0.25) is 15.2 Å². The summed E-state index contributed by atoms with van der Waals surface area (Å²) in [5.74, 6) is -0.512. The number of rotatable bonds is 4. The smallest absolute Gasteiger partial charge is 0.375 e. The number of carbonyl (C=O) groups is 2.